The van der Waals surface area contributed by atoms with E-state index in [1.54, 1.807) is 6.08 Å². The Bertz CT molecular complexity index is 2700. The molecule has 28 atom stereocenters. The van der Waals surface area contributed by atoms with E-state index in [1.165, 1.54) is 141 Å². The van der Waals surface area contributed by atoms with Crippen molar-refractivity contribution in [3.63, 3.8) is 0 Å². The topological polar surface area (TPSA) is 541 Å². The minimum atomic E-state index is -3.38. The Morgan fingerprint density at radius 2 is 0.870 bits per heavy atom. The lowest BCUT2D eigenvalue weighted by Crippen LogP contribution is -2.72. The number of carboxylic acids is 1. The quantitative estimate of drug-likeness (QED) is 0.0305. The molecule has 0 saturated carbocycles. The Morgan fingerprint density at radius 3 is 1.37 bits per heavy atom. The van der Waals surface area contributed by atoms with Crippen LogP contribution in [-0.2, 0) is 66.5 Å². The molecule has 5 saturated heterocycles. The maximum absolute atomic E-state index is 13.9. The number of hydrogen-bond acceptors (Lipinski definition) is 30. The molecule has 0 aliphatic carbocycles. The Hall–Kier alpha value is -3.68. The number of carbonyl (C=O) groups is 4. The smallest absolute Gasteiger partial charge is 0.364 e. The molecule has 5 heterocycles. The molecular weight excluding hydrogens is 1510 g/mol. The summed E-state index contributed by atoms with van der Waals surface area (Å²) in [5, 5.41) is 197. The Labute approximate surface area is 677 Å². The normalized spacial score (nSPS) is 33.1. The number of aliphatic hydroxyl groups is 16. The molecule has 0 radical (unpaired) electrons. The Balaban J connectivity index is 1.32. The fourth-order valence-electron chi connectivity index (χ4n) is 15.4. The van der Waals surface area contributed by atoms with Gasteiger partial charge in [-0.05, 0) is 44.9 Å². The van der Waals surface area contributed by atoms with E-state index in [0.717, 1.165) is 71.6 Å². The first-order chi connectivity index (χ1) is 55.3. The molecule has 5 fully saturated rings. The van der Waals surface area contributed by atoms with E-state index in [-0.39, 0.29) is 12.3 Å². The second-order valence-electron chi connectivity index (χ2n) is 31.7. The number of aliphatic carboxylic acids is 1. The molecule has 5 aliphatic rings. The van der Waals surface area contributed by atoms with Crippen molar-refractivity contribution in [1.82, 2.24) is 16.0 Å². The maximum Gasteiger partial charge on any atom is 0.364 e. The predicted molar refractivity (Wildman–Crippen MR) is 415 cm³/mol. The van der Waals surface area contributed by atoms with Crippen molar-refractivity contribution in [2.24, 2.45) is 0 Å². The number of unbranched alkanes of at least 4 members (excludes halogenated alkanes) is 30. The molecule has 5 rings (SSSR count). The third kappa shape index (κ3) is 33.6. The van der Waals surface area contributed by atoms with Crippen LogP contribution in [0.3, 0.4) is 0 Å². The van der Waals surface area contributed by atoms with Crippen molar-refractivity contribution in [2.45, 2.75) is 424 Å². The molecule has 670 valence electrons. The largest absolute Gasteiger partial charge is 0.477 e. The zero-order chi connectivity index (χ0) is 84.4. The van der Waals surface area contributed by atoms with Gasteiger partial charge in [-0.25, -0.2) is 4.79 Å². The first-order valence-corrected chi connectivity index (χ1v) is 42.7. The number of nitrogens with one attached hydrogen (secondary N) is 3. The van der Waals surface area contributed by atoms with Crippen LogP contribution in [0.4, 0.5) is 0 Å². The van der Waals surface area contributed by atoms with Crippen molar-refractivity contribution in [1.29, 1.82) is 0 Å². The van der Waals surface area contributed by atoms with Gasteiger partial charge in [0.15, 0.2) is 25.2 Å². The number of carbonyl (C=O) groups excluding carboxylic acids is 3. The zero-order valence-electron chi connectivity index (χ0n) is 68.2. The first-order valence-electron chi connectivity index (χ1n) is 42.7. The van der Waals surface area contributed by atoms with Gasteiger partial charge in [-0.15, -0.1) is 0 Å². The van der Waals surface area contributed by atoms with Gasteiger partial charge in [0.1, 0.15) is 116 Å². The summed E-state index contributed by atoms with van der Waals surface area (Å²) in [7, 11) is 0. The van der Waals surface area contributed by atoms with Crippen molar-refractivity contribution < 1.29 is 153 Å². The maximum atomic E-state index is 13.9. The van der Waals surface area contributed by atoms with Crippen molar-refractivity contribution >= 4 is 23.7 Å². The monoisotopic (exact) mass is 1660 g/mol. The molecule has 2 unspecified atom stereocenters. The van der Waals surface area contributed by atoms with Gasteiger partial charge in [0.05, 0.1) is 63.9 Å². The summed E-state index contributed by atoms with van der Waals surface area (Å²) in [6.07, 6.45) is -4.52. The van der Waals surface area contributed by atoms with Crippen LogP contribution in [0.25, 0.3) is 0 Å². The summed E-state index contributed by atoms with van der Waals surface area (Å²) in [5.41, 5.74) is 0. The Morgan fingerprint density at radius 1 is 0.452 bits per heavy atom. The number of allylic oxidation sites excluding steroid dienone is 3. The van der Waals surface area contributed by atoms with Crippen molar-refractivity contribution in [2.75, 3.05) is 39.6 Å². The van der Waals surface area contributed by atoms with Gasteiger partial charge in [-0.2, -0.15) is 0 Å². The number of amides is 3. The fraction of sp³-hybridized carbons (Fsp3) is 0.901. The Kier molecular flexibility index (Phi) is 49.7. The molecule has 115 heavy (non-hydrogen) atoms. The minimum Gasteiger partial charge on any atom is -0.477 e. The molecule has 0 aromatic heterocycles. The standard InChI is InChI=1S/C81H145N3O31/c1-5-7-9-11-13-15-17-19-20-21-22-23-24-25-26-27-28-30-32-34-36-38-40-42-60(95)84-52(53(92)41-39-37-35-33-31-29-18-16-14-12-10-8-6-2)49-106-77-69(102)67(100)71(58(47-88)109-77)111-79-70(103)75(115-81(80(104)105)43-54(93)61(82-50(3)90)74(114-81)63(96)55(94)44-85)72(59(48-89)110-79)112-76-62(83-51(4)91)73(65(98)57(46-87)107-76)113-78-68(101)66(99)64(97)56(45-86)108-78/h19-20,39,41,52-59,61-79,85-89,92-94,96-103H,5-18,21-38,40,42-49H2,1-4H3,(H,82,90)(H,83,91)(H,84,95)(H,104,105)/t52-,53+,54-,55-,56+,57+,58+,59+,61+,62+,63-,64-,65-,66-,67+,68+,69?,70+,71+,72-,73+,74?,75+,76-,77+,78-,79-,81-/m0/s1. The van der Waals surface area contributed by atoms with Gasteiger partial charge in [-0.1, -0.05) is 205 Å². The van der Waals surface area contributed by atoms with Gasteiger partial charge in [0.2, 0.25) is 17.7 Å². The highest BCUT2D eigenvalue weighted by atomic mass is 16.8. The van der Waals surface area contributed by atoms with E-state index in [4.69, 9.17) is 47.4 Å². The average Bonchev–Trinajstić information content (AvgIpc) is 0.741. The van der Waals surface area contributed by atoms with Crippen LogP contribution < -0.4 is 16.0 Å². The molecule has 0 aromatic carbocycles. The number of carboxylic acid groups (broad SMARTS) is 1. The third-order valence-electron chi connectivity index (χ3n) is 22.2. The van der Waals surface area contributed by atoms with E-state index in [0.29, 0.717) is 12.8 Å². The summed E-state index contributed by atoms with van der Waals surface area (Å²) in [5.74, 6) is -7.71. The van der Waals surface area contributed by atoms with Crippen LogP contribution in [-0.4, -0.2) is 321 Å². The summed E-state index contributed by atoms with van der Waals surface area (Å²) < 4.78 is 60.2. The van der Waals surface area contributed by atoms with Crippen LogP contribution in [0.5, 0.6) is 0 Å². The van der Waals surface area contributed by atoms with E-state index in [2.05, 4.69) is 41.9 Å². The van der Waals surface area contributed by atoms with Gasteiger partial charge in [-0.3, -0.25) is 14.4 Å². The summed E-state index contributed by atoms with van der Waals surface area (Å²) in [4.78, 5) is 53.1. The first kappa shape index (κ1) is 102. The lowest BCUT2D eigenvalue weighted by atomic mass is 9.88. The molecular formula is C81H145N3O31. The second-order valence-corrected chi connectivity index (χ2v) is 31.7. The van der Waals surface area contributed by atoms with E-state index >= 15 is 0 Å². The van der Waals surface area contributed by atoms with Crippen LogP contribution in [0.2, 0.25) is 0 Å². The summed E-state index contributed by atoms with van der Waals surface area (Å²) >= 11 is 0. The van der Waals surface area contributed by atoms with Crippen LogP contribution >= 0.6 is 0 Å². The highest BCUT2D eigenvalue weighted by Crippen LogP contribution is 2.41. The molecule has 34 nitrogen and oxygen atoms in total. The molecule has 34 heteroatoms. The lowest BCUT2D eigenvalue weighted by Gasteiger charge is -2.52. The number of ether oxygens (including phenoxy) is 10. The highest BCUT2D eigenvalue weighted by Gasteiger charge is 2.62. The van der Waals surface area contributed by atoms with Crippen LogP contribution in [0, 0.1) is 0 Å². The van der Waals surface area contributed by atoms with E-state index in [9.17, 15) is 106 Å². The number of rotatable bonds is 59. The number of aliphatic hydroxyl groups excluding tert-OH is 16. The highest BCUT2D eigenvalue weighted by molar-refractivity contribution is 5.77. The SMILES string of the molecule is CCCCCCCCC=CCCCCCCCCCCCCCCCC(=O)N[C@@H](CO[C@@H]1O[C@H](CO)[C@@H](O[C@@H]2O[C@H](CO)[C@H](O[C@@H]3O[C@H](CO)[C@H](O)[C@H](O[C@@H]4O[C@H](CO)[C@H](O)[C@H](O)[C@H]4O)[C@H]3NC(C)=O)[C@H](O[C@]3(C(=O)O)C[C@H](O)[C@@H](NC(C)=O)C([C@@H](O)[C@@H](O)CO)O3)[C@H]2O)[C@H](O)C1O)[C@H](O)C=CCCCCCCCCCCCCC. The summed E-state index contributed by atoms with van der Waals surface area (Å²) in [6.45, 7) is 0.344. The predicted octanol–water partition coefficient (Wildman–Crippen LogP) is 1.85. The lowest BCUT2D eigenvalue weighted by molar-refractivity contribution is -0.403. The van der Waals surface area contributed by atoms with Gasteiger partial charge < -0.3 is 150 Å². The molecule has 20 N–H and O–H groups in total. The molecule has 3 amide bonds. The minimum absolute atomic E-state index is 0.132. The number of hydrogen-bond donors (Lipinski definition) is 20. The average molecular weight is 1660 g/mol. The molecule has 0 spiro atoms. The molecule has 5 aliphatic heterocycles. The van der Waals surface area contributed by atoms with Gasteiger partial charge in [0, 0.05) is 26.7 Å². The zero-order valence-corrected chi connectivity index (χ0v) is 68.2. The molecule has 0 bridgehead atoms. The second kappa shape index (κ2) is 56.1. The third-order valence-corrected chi connectivity index (χ3v) is 22.2. The van der Waals surface area contributed by atoms with Crippen LogP contribution in [0.1, 0.15) is 252 Å². The van der Waals surface area contributed by atoms with Crippen molar-refractivity contribution in [3.8, 4) is 0 Å². The van der Waals surface area contributed by atoms with Crippen molar-refractivity contribution in [3.05, 3.63) is 24.3 Å². The van der Waals surface area contributed by atoms with Crippen LogP contribution in [0.15, 0.2) is 24.3 Å². The van der Waals surface area contributed by atoms with E-state index < -0.39 is 235 Å². The fourth-order valence-corrected chi connectivity index (χ4v) is 15.4. The van der Waals surface area contributed by atoms with Gasteiger partial charge >= 0.3 is 5.97 Å². The van der Waals surface area contributed by atoms with E-state index in [1.807, 2.05) is 6.08 Å². The molecule has 0 aromatic rings. The van der Waals surface area contributed by atoms with Gasteiger partial charge in [0.25, 0.3) is 5.79 Å². The summed E-state index contributed by atoms with van der Waals surface area (Å²) in [6, 6.07) is -4.81.